The third kappa shape index (κ3) is 2.54. The number of nitrogens with zero attached hydrogens (tertiary/aromatic N) is 2. The Morgan fingerprint density at radius 1 is 1.35 bits per heavy atom. The van der Waals surface area contributed by atoms with Crippen LogP contribution in [0.15, 0.2) is 30.3 Å². The number of nitriles is 1. The third-order valence-corrected chi connectivity index (χ3v) is 2.52. The van der Waals surface area contributed by atoms with Crippen LogP contribution in [0.25, 0.3) is 10.9 Å². The minimum Gasteiger partial charge on any atom is -0.369 e. The largest absolute Gasteiger partial charge is 0.369 e. The molecule has 0 fully saturated rings. The smallest absolute Gasteiger partial charge is 0.144 e. The molecule has 0 amide bonds. The average molecular weight is 225 g/mol. The van der Waals surface area contributed by atoms with Gasteiger partial charge in [0.1, 0.15) is 11.9 Å². The summed E-state index contributed by atoms with van der Waals surface area (Å²) in [7, 11) is 0. The molecule has 0 aliphatic rings. The number of hydrogen-bond acceptors (Lipinski definition) is 3. The Labute approximate surface area is 101 Å². The molecule has 1 heterocycles. The molecule has 0 aliphatic heterocycles. The van der Waals surface area contributed by atoms with Gasteiger partial charge in [0.05, 0.1) is 11.1 Å². The molecule has 0 saturated carbocycles. The zero-order valence-electron chi connectivity index (χ0n) is 10.1. The maximum absolute atomic E-state index is 9.11. The Balaban J connectivity index is 2.43. The molecule has 0 radical (unpaired) electrons. The van der Waals surface area contributed by atoms with Gasteiger partial charge in [-0.1, -0.05) is 32.0 Å². The molecule has 2 aromatic rings. The third-order valence-electron chi connectivity index (χ3n) is 2.52. The number of para-hydroxylation sites is 1. The fourth-order valence-corrected chi connectivity index (χ4v) is 1.64. The topological polar surface area (TPSA) is 48.7 Å². The molecule has 2 rings (SSSR count). The molecule has 0 unspecified atom stereocenters. The molecule has 17 heavy (non-hydrogen) atoms. The Morgan fingerprint density at radius 2 is 2.12 bits per heavy atom. The quantitative estimate of drug-likeness (QED) is 0.872. The summed E-state index contributed by atoms with van der Waals surface area (Å²) in [5.41, 5.74) is 1.52. The van der Waals surface area contributed by atoms with Gasteiger partial charge < -0.3 is 5.32 Å². The molecule has 3 heteroatoms. The van der Waals surface area contributed by atoms with E-state index in [2.05, 4.69) is 30.2 Å². The predicted molar refractivity (Wildman–Crippen MR) is 69.8 cm³/mol. The summed E-state index contributed by atoms with van der Waals surface area (Å²) >= 11 is 0. The van der Waals surface area contributed by atoms with Gasteiger partial charge in [-0.05, 0) is 18.1 Å². The van der Waals surface area contributed by atoms with E-state index < -0.39 is 0 Å². The van der Waals surface area contributed by atoms with Crippen LogP contribution in [0.4, 0.5) is 5.82 Å². The van der Waals surface area contributed by atoms with E-state index in [1.165, 1.54) is 0 Å². The maximum atomic E-state index is 9.11. The lowest BCUT2D eigenvalue weighted by atomic mass is 10.1. The molecular formula is C14H15N3. The number of nitrogens with one attached hydrogen (secondary N) is 1. The van der Waals surface area contributed by atoms with Crippen molar-refractivity contribution in [3.63, 3.8) is 0 Å². The van der Waals surface area contributed by atoms with Crippen LogP contribution >= 0.6 is 0 Å². The molecule has 3 nitrogen and oxygen atoms in total. The second-order valence-corrected chi connectivity index (χ2v) is 4.46. The molecule has 0 saturated heterocycles. The van der Waals surface area contributed by atoms with Crippen molar-refractivity contribution in [1.29, 1.82) is 5.26 Å². The lowest BCUT2D eigenvalue weighted by Gasteiger charge is -2.10. The van der Waals surface area contributed by atoms with Crippen molar-refractivity contribution in [2.75, 3.05) is 11.9 Å². The molecular weight excluding hydrogens is 210 g/mol. The first-order valence-electron chi connectivity index (χ1n) is 5.74. The lowest BCUT2D eigenvalue weighted by Crippen LogP contribution is -2.10. The molecule has 0 bridgehead atoms. The molecule has 0 spiro atoms. The van der Waals surface area contributed by atoms with Crippen LogP contribution in [0.2, 0.25) is 0 Å². The number of anilines is 1. The summed E-state index contributed by atoms with van der Waals surface area (Å²) < 4.78 is 0. The number of fused-ring (bicyclic) bond motifs is 1. The summed E-state index contributed by atoms with van der Waals surface area (Å²) in [6.45, 7) is 5.07. The van der Waals surface area contributed by atoms with Crippen molar-refractivity contribution in [2.24, 2.45) is 5.92 Å². The highest BCUT2D eigenvalue weighted by atomic mass is 15.0. The van der Waals surface area contributed by atoms with Gasteiger partial charge in [0.15, 0.2) is 0 Å². The van der Waals surface area contributed by atoms with Gasteiger partial charge in [0.2, 0.25) is 0 Å². The highest BCUT2D eigenvalue weighted by Crippen LogP contribution is 2.19. The molecule has 1 aromatic carbocycles. The van der Waals surface area contributed by atoms with Gasteiger partial charge in [0, 0.05) is 11.9 Å². The minimum atomic E-state index is 0.523. The van der Waals surface area contributed by atoms with Crippen molar-refractivity contribution in [3.8, 4) is 6.07 Å². The maximum Gasteiger partial charge on any atom is 0.144 e. The van der Waals surface area contributed by atoms with Gasteiger partial charge in [-0.2, -0.15) is 5.26 Å². The SMILES string of the molecule is CC(C)CNc1nc2ccccc2cc1C#N. The summed E-state index contributed by atoms with van der Waals surface area (Å²) in [6.07, 6.45) is 0. The zero-order chi connectivity index (χ0) is 12.3. The highest BCUT2D eigenvalue weighted by molar-refractivity contribution is 5.82. The molecule has 0 aliphatic carbocycles. The summed E-state index contributed by atoms with van der Waals surface area (Å²) in [5, 5.41) is 13.3. The summed E-state index contributed by atoms with van der Waals surface area (Å²) in [6, 6.07) is 11.9. The standard InChI is InChI=1S/C14H15N3/c1-10(2)9-16-14-12(8-15)7-11-5-3-4-6-13(11)17-14/h3-7,10H,9H2,1-2H3,(H,16,17). The van der Waals surface area contributed by atoms with E-state index in [1.54, 1.807) is 0 Å². The monoisotopic (exact) mass is 225 g/mol. The molecule has 0 atom stereocenters. The van der Waals surface area contributed by atoms with E-state index in [0.29, 0.717) is 17.3 Å². The van der Waals surface area contributed by atoms with Gasteiger partial charge in [0.25, 0.3) is 0 Å². The lowest BCUT2D eigenvalue weighted by molar-refractivity contribution is 0.687. The first-order chi connectivity index (χ1) is 8.20. The Kier molecular flexibility index (Phi) is 3.24. The predicted octanol–water partition coefficient (Wildman–Crippen LogP) is 3.17. The first-order valence-corrected chi connectivity index (χ1v) is 5.74. The van der Waals surface area contributed by atoms with Gasteiger partial charge in [-0.25, -0.2) is 4.98 Å². The molecule has 1 aromatic heterocycles. The minimum absolute atomic E-state index is 0.523. The van der Waals surface area contributed by atoms with E-state index >= 15 is 0 Å². The van der Waals surface area contributed by atoms with Crippen LogP contribution in [0.5, 0.6) is 0 Å². The van der Waals surface area contributed by atoms with E-state index in [9.17, 15) is 0 Å². The first kappa shape index (κ1) is 11.4. The van der Waals surface area contributed by atoms with Crippen molar-refractivity contribution in [1.82, 2.24) is 4.98 Å². The van der Waals surface area contributed by atoms with Crippen LogP contribution in [-0.4, -0.2) is 11.5 Å². The Morgan fingerprint density at radius 3 is 2.82 bits per heavy atom. The number of rotatable bonds is 3. The van der Waals surface area contributed by atoms with Gasteiger partial charge >= 0.3 is 0 Å². The number of hydrogen-bond donors (Lipinski definition) is 1. The highest BCUT2D eigenvalue weighted by Gasteiger charge is 2.06. The molecule has 1 N–H and O–H groups in total. The van der Waals surface area contributed by atoms with E-state index in [-0.39, 0.29) is 0 Å². The number of aromatic nitrogens is 1. The van der Waals surface area contributed by atoms with Crippen LogP contribution in [-0.2, 0) is 0 Å². The fourth-order valence-electron chi connectivity index (χ4n) is 1.64. The molecule has 86 valence electrons. The number of pyridine rings is 1. The Hall–Kier alpha value is -2.08. The van der Waals surface area contributed by atoms with Crippen LogP contribution in [0, 0.1) is 17.2 Å². The zero-order valence-corrected chi connectivity index (χ0v) is 10.1. The van der Waals surface area contributed by atoms with Gasteiger partial charge in [-0.15, -0.1) is 0 Å². The van der Waals surface area contributed by atoms with Crippen molar-refractivity contribution >= 4 is 16.7 Å². The van der Waals surface area contributed by atoms with Crippen molar-refractivity contribution in [3.05, 3.63) is 35.9 Å². The van der Waals surface area contributed by atoms with E-state index in [1.807, 2.05) is 30.3 Å². The summed E-state index contributed by atoms with van der Waals surface area (Å²) in [5.74, 6) is 1.20. The van der Waals surface area contributed by atoms with Crippen molar-refractivity contribution in [2.45, 2.75) is 13.8 Å². The van der Waals surface area contributed by atoms with Gasteiger partial charge in [-0.3, -0.25) is 0 Å². The second kappa shape index (κ2) is 4.84. The van der Waals surface area contributed by atoms with Crippen LogP contribution < -0.4 is 5.32 Å². The fraction of sp³-hybridized carbons (Fsp3) is 0.286. The van der Waals surface area contributed by atoms with Crippen LogP contribution in [0.3, 0.4) is 0 Å². The van der Waals surface area contributed by atoms with E-state index in [4.69, 9.17) is 5.26 Å². The Bertz CT molecular complexity index is 567. The van der Waals surface area contributed by atoms with E-state index in [0.717, 1.165) is 17.4 Å². The summed E-state index contributed by atoms with van der Waals surface area (Å²) in [4.78, 5) is 4.48. The average Bonchev–Trinajstić information content (AvgIpc) is 2.35. The number of benzene rings is 1. The normalized spacial score (nSPS) is 10.5. The van der Waals surface area contributed by atoms with Crippen LogP contribution in [0.1, 0.15) is 19.4 Å². The van der Waals surface area contributed by atoms with Crippen molar-refractivity contribution < 1.29 is 0 Å². The second-order valence-electron chi connectivity index (χ2n) is 4.46.